The zero-order valence-electron chi connectivity index (χ0n) is 63.7. The number of likely N-dealkylation sites (tertiary alicyclic amines) is 1. The highest BCUT2D eigenvalue weighted by Crippen LogP contribution is 2.33. The molecule has 32 heteroatoms. The number of aryl methyl sites for hydroxylation is 4. The van der Waals surface area contributed by atoms with Gasteiger partial charge in [-0.25, -0.2) is 9.37 Å². The Morgan fingerprint density at radius 2 is 1.42 bits per heavy atom. The predicted molar refractivity (Wildman–Crippen MR) is 413 cm³/mol. The number of carboxylic acid groups (broad SMARTS) is 1. The molecular formula is C79H107FN14O16S. The van der Waals surface area contributed by atoms with Crippen molar-refractivity contribution in [3.63, 3.8) is 0 Å². The van der Waals surface area contributed by atoms with Crippen LogP contribution in [-0.2, 0) is 91.3 Å². The first-order chi connectivity index (χ1) is 52.5. The summed E-state index contributed by atoms with van der Waals surface area (Å²) in [5, 5.41) is 69.5. The molecule has 0 unspecified atom stereocenters. The number of aromatic amines is 2. The molecule has 3 heterocycles. The molecule has 0 bridgehead atoms. The maximum Gasteiger partial charge on any atom is 0.305 e. The zero-order valence-corrected chi connectivity index (χ0v) is 64.7. The Balaban J connectivity index is 0.0000192. The topological polar surface area (TPSA) is 476 Å². The number of carbonyl (C=O) groups is 11. The smallest absolute Gasteiger partial charge is 0.305 e. The van der Waals surface area contributed by atoms with Gasteiger partial charge in [-0.3, -0.25) is 52.7 Å². The molecule has 4 aromatic carbocycles. The number of aromatic nitrogens is 6. The summed E-state index contributed by atoms with van der Waals surface area (Å²) in [6.45, 7) is 11.1. The van der Waals surface area contributed by atoms with E-state index in [-0.39, 0.29) is 44.1 Å². The van der Waals surface area contributed by atoms with Crippen LogP contribution in [-0.4, -0.2) is 202 Å². The summed E-state index contributed by atoms with van der Waals surface area (Å²) in [7, 11) is 0. The van der Waals surface area contributed by atoms with Crippen LogP contribution in [0.2, 0.25) is 0 Å². The highest BCUT2D eigenvalue weighted by atomic mass is 32.1. The Kier molecular flexibility index (Phi) is 35.8. The van der Waals surface area contributed by atoms with Crippen molar-refractivity contribution in [2.45, 2.75) is 193 Å². The molecule has 1 aliphatic rings. The van der Waals surface area contributed by atoms with Crippen molar-refractivity contribution < 1.29 is 82.3 Å². The van der Waals surface area contributed by atoms with Crippen molar-refractivity contribution in [2.75, 3.05) is 39.4 Å². The Hall–Kier alpha value is -9.99. The molecule has 2 aromatic heterocycles. The number of nitrogens with one attached hydrogen (secondary N) is 7. The lowest BCUT2D eigenvalue weighted by Gasteiger charge is -2.33. The molecule has 0 saturated carbocycles. The number of unbranched alkanes of at least 4 members (excludes halogenated alkanes) is 1. The van der Waals surface area contributed by atoms with Crippen LogP contribution >= 0.6 is 13.5 Å². The van der Waals surface area contributed by atoms with Crippen molar-refractivity contribution in [3.05, 3.63) is 148 Å². The van der Waals surface area contributed by atoms with Gasteiger partial charge >= 0.3 is 5.97 Å². The van der Waals surface area contributed by atoms with Crippen LogP contribution in [0.3, 0.4) is 0 Å². The molecule has 1 fully saturated rings. The number of ketones is 4. The number of aliphatic hydroxyl groups excluding tert-OH is 3. The first-order valence-corrected chi connectivity index (χ1v) is 37.3. The number of rotatable bonds is 48. The van der Waals surface area contributed by atoms with E-state index in [1.54, 1.807) is 24.7 Å². The number of Topliss-reactive ketones (excluding diaryl/α,β-unsaturated/α-hetero) is 4. The van der Waals surface area contributed by atoms with Gasteiger partial charge in [0.25, 0.3) is 0 Å². The number of nitrogens with zero attached hydrogens (tertiary/aromatic N) is 5. The van der Waals surface area contributed by atoms with Gasteiger partial charge in [0.15, 0.2) is 29.0 Å². The van der Waals surface area contributed by atoms with Gasteiger partial charge in [0.05, 0.1) is 67.5 Å². The van der Waals surface area contributed by atoms with Gasteiger partial charge in [-0.1, -0.05) is 96.9 Å². The maximum atomic E-state index is 15.6. The minimum Gasteiger partial charge on any atom is -0.494 e. The molecular weight excluding hydrogens is 1450 g/mol. The number of hydrogen-bond donors (Lipinski definition) is 13. The number of ether oxygens (including phenoxy) is 1. The van der Waals surface area contributed by atoms with Gasteiger partial charge in [-0.15, -0.1) is 10.2 Å². The first kappa shape index (κ1) is 89.9. The van der Waals surface area contributed by atoms with Crippen LogP contribution in [0.5, 0.6) is 5.75 Å². The Morgan fingerprint density at radius 1 is 0.739 bits per heavy atom. The van der Waals surface area contributed by atoms with E-state index in [1.807, 2.05) is 69.3 Å². The van der Waals surface area contributed by atoms with Gasteiger partial charge in [-0.05, 0) is 150 Å². The molecule has 6 aromatic rings. The number of carbonyl (C=O) groups excluding carboxylic acids is 10. The normalized spacial score (nSPS) is 15.8. The van der Waals surface area contributed by atoms with Crippen molar-refractivity contribution in [1.29, 1.82) is 0 Å². The van der Waals surface area contributed by atoms with E-state index in [4.69, 9.17) is 16.2 Å². The lowest BCUT2D eigenvalue weighted by molar-refractivity contribution is -0.142. The molecule has 11 atom stereocenters. The molecule has 15 N–H and O–H groups in total. The standard InChI is InChI=1S/C79H105FN14O16.H2S/c1-7-52-35-59(110-30-11-10-27-81)21-22-60(52)53-19-17-50(18-20-53)34-56(76(107)85-62(74(82)105)16-12-13-51-32-46(2)31-47(3)33-51)36-66(99)64(39-71(103)104)87-77(108)57(44-95)37-67(100)72(48(4)96)89-78(109)79(6,40-54-14-8-9-15-61(54)80)41-68(101)73(49(5)97)88-70(102)24-23-65(98)63(38-69-90-92-93-91-69)86-75(106)55-25-28-94(43-55)29-26-58-42-83-45-84-58;/h8-9,14-15,17-22,31-33,35,42,45,48-49,55-57,62-64,72-73,95-97H,7,10-13,16,23-30,34,36-41,43-44,81H2,1-6H3,(H2,82,105)(H,83,84)(H,85,107)(H,86,106)(H,87,108)(H,88,102)(H,89,109)(H,103,104)(H,90,91,92,93);1H2/t48-,49-,55+,56-,57+,62+,63+,64+,72+,73+,79-;/m1./s1. The van der Waals surface area contributed by atoms with Crippen LogP contribution in [0.4, 0.5) is 4.39 Å². The van der Waals surface area contributed by atoms with Gasteiger partial charge in [-0.2, -0.15) is 18.7 Å². The SMILES string of the molecule is CCc1cc(OCCCCN)ccc1-c1ccc(C[C@H](CC(=O)[C@H](CC(=O)O)NC(=O)[C@H](CO)CC(=O)[C@@H](NC(=O)[C@@](C)(CC(=O)[C@@H](NC(=O)CCC(=O)[C@H](Cc2nn[nH]n2)NC(=O)[C@H]2CCN(CCc3cnc[nH]3)C2)[C@@H](C)O)Cc2ccccc2F)[C@@H](C)O)C(=O)N[C@@H](CCCc2cc(C)cc(C)c2)C(N)=O)cc1.S. The number of aliphatic hydroxyl groups is 3. The second-order valence-corrected chi connectivity index (χ2v) is 29.0. The van der Waals surface area contributed by atoms with Gasteiger partial charge in [0.2, 0.25) is 35.4 Å². The van der Waals surface area contributed by atoms with Crippen molar-refractivity contribution in [2.24, 2.45) is 34.6 Å². The third-order valence-electron chi connectivity index (χ3n) is 19.8. The van der Waals surface area contributed by atoms with E-state index in [9.17, 15) is 73.2 Å². The lowest BCUT2D eigenvalue weighted by Crippen LogP contribution is -2.55. The minimum atomic E-state index is -2.07. The van der Waals surface area contributed by atoms with Gasteiger partial charge in [0, 0.05) is 75.8 Å². The van der Waals surface area contributed by atoms with E-state index >= 15 is 4.39 Å². The summed E-state index contributed by atoms with van der Waals surface area (Å²) in [6.07, 6.45) is -0.952. The molecule has 1 aliphatic heterocycles. The molecule has 0 spiro atoms. The average molecular weight is 1560 g/mol. The fourth-order valence-corrected chi connectivity index (χ4v) is 13.7. The summed E-state index contributed by atoms with van der Waals surface area (Å²) in [4.78, 5) is 163. The molecule has 0 aliphatic carbocycles. The Bertz CT molecular complexity index is 4090. The number of nitrogens with two attached hydrogens (primary N) is 2. The number of aliphatic carboxylic acids is 1. The number of imidazole rings is 1. The largest absolute Gasteiger partial charge is 0.494 e. The zero-order chi connectivity index (χ0) is 80.2. The van der Waals surface area contributed by atoms with Crippen LogP contribution in [0, 0.1) is 42.8 Å². The maximum absolute atomic E-state index is 15.6. The number of carboxylic acids is 1. The minimum absolute atomic E-state index is 0. The molecule has 602 valence electrons. The number of primary amides is 1. The molecule has 0 radical (unpaired) electrons. The van der Waals surface area contributed by atoms with Crippen LogP contribution in [0.15, 0.2) is 97.5 Å². The summed E-state index contributed by atoms with van der Waals surface area (Å²) in [6, 6.07) is 16.4. The van der Waals surface area contributed by atoms with Crippen LogP contribution in [0.1, 0.15) is 143 Å². The van der Waals surface area contributed by atoms with E-state index < -0.39 is 188 Å². The van der Waals surface area contributed by atoms with E-state index in [1.165, 1.54) is 32.0 Å². The number of hydrogen-bond acceptors (Lipinski definition) is 21. The fraction of sp³-hybridized carbons (Fsp3) is 0.506. The van der Waals surface area contributed by atoms with Crippen LogP contribution in [0.25, 0.3) is 11.1 Å². The Morgan fingerprint density at radius 3 is 2.05 bits per heavy atom. The van der Waals surface area contributed by atoms with Gasteiger partial charge in [0.1, 0.15) is 29.7 Å². The predicted octanol–water partition coefficient (Wildman–Crippen LogP) is 3.36. The van der Waals surface area contributed by atoms with Crippen molar-refractivity contribution >= 4 is 78.0 Å². The summed E-state index contributed by atoms with van der Waals surface area (Å²) in [5.74, 6) is -14.0. The number of benzene rings is 4. The number of tetrazole rings is 1. The average Bonchev–Trinajstić information content (AvgIpc) is 0.804. The quantitative estimate of drug-likeness (QED) is 0.0244. The second-order valence-electron chi connectivity index (χ2n) is 29.0. The summed E-state index contributed by atoms with van der Waals surface area (Å²) >= 11 is 0. The highest BCUT2D eigenvalue weighted by Gasteiger charge is 2.43. The third-order valence-corrected chi connectivity index (χ3v) is 19.8. The van der Waals surface area contributed by atoms with Crippen molar-refractivity contribution in [1.82, 2.24) is 62.1 Å². The Labute approximate surface area is 651 Å². The van der Waals surface area contributed by atoms with E-state index in [0.29, 0.717) is 76.2 Å². The van der Waals surface area contributed by atoms with E-state index in [0.717, 1.165) is 64.9 Å². The molecule has 7 rings (SSSR count). The monoisotopic (exact) mass is 1560 g/mol. The molecule has 30 nitrogen and oxygen atoms in total. The summed E-state index contributed by atoms with van der Waals surface area (Å²) in [5.41, 5.74) is 16.7. The number of halogens is 1. The van der Waals surface area contributed by atoms with Crippen molar-refractivity contribution in [3.8, 4) is 16.9 Å². The van der Waals surface area contributed by atoms with Gasteiger partial charge < -0.3 is 73.1 Å². The third kappa shape index (κ3) is 28.1. The fourth-order valence-electron chi connectivity index (χ4n) is 13.7. The molecule has 111 heavy (non-hydrogen) atoms. The summed E-state index contributed by atoms with van der Waals surface area (Å²) < 4.78 is 21.5. The van der Waals surface area contributed by atoms with E-state index in [2.05, 4.69) is 62.1 Å². The van der Waals surface area contributed by atoms with Crippen LogP contribution < -0.4 is 42.8 Å². The second kappa shape index (κ2) is 44.2. The molecule has 6 amide bonds. The highest BCUT2D eigenvalue weighted by molar-refractivity contribution is 7.59. The first-order valence-electron chi connectivity index (χ1n) is 37.3. The lowest BCUT2D eigenvalue weighted by atomic mass is 9.76. The number of H-pyrrole nitrogens is 2. The molecule has 1 saturated heterocycles. The number of amides is 6.